The minimum atomic E-state index is 0.467. The number of piperidine rings is 1. The van der Waals surface area contributed by atoms with E-state index in [-0.39, 0.29) is 0 Å². The van der Waals surface area contributed by atoms with Crippen molar-refractivity contribution < 1.29 is 4.74 Å². The molecule has 4 rings (SSSR count). The van der Waals surface area contributed by atoms with Gasteiger partial charge in [0.1, 0.15) is 12.1 Å². The fourth-order valence-corrected chi connectivity index (χ4v) is 5.09. The molecule has 24 heavy (non-hydrogen) atoms. The van der Waals surface area contributed by atoms with Gasteiger partial charge in [-0.1, -0.05) is 12.8 Å². The van der Waals surface area contributed by atoms with Crippen LogP contribution in [0.5, 0.6) is 5.88 Å². The second-order valence-electron chi connectivity index (χ2n) is 8.08. The van der Waals surface area contributed by atoms with Crippen LogP contribution in [0.4, 0.5) is 5.82 Å². The van der Waals surface area contributed by atoms with Crippen LogP contribution in [-0.4, -0.2) is 54.7 Å². The van der Waals surface area contributed by atoms with Crippen LogP contribution in [0, 0.1) is 11.3 Å². The van der Waals surface area contributed by atoms with E-state index in [9.17, 15) is 0 Å². The minimum Gasteiger partial charge on any atom is -0.481 e. The van der Waals surface area contributed by atoms with Crippen molar-refractivity contribution in [3.63, 3.8) is 0 Å². The quantitative estimate of drug-likeness (QED) is 0.849. The predicted octanol–water partition coefficient (Wildman–Crippen LogP) is 2.97. The molecule has 0 aromatic carbocycles. The summed E-state index contributed by atoms with van der Waals surface area (Å²) in [6, 6.07) is 1.98. The zero-order chi connectivity index (χ0) is 16.4. The largest absolute Gasteiger partial charge is 0.481 e. The summed E-state index contributed by atoms with van der Waals surface area (Å²) in [7, 11) is 1.67. The highest BCUT2D eigenvalue weighted by Gasteiger charge is 2.42. The van der Waals surface area contributed by atoms with Gasteiger partial charge in [0.25, 0.3) is 0 Å². The van der Waals surface area contributed by atoms with Gasteiger partial charge in [-0.05, 0) is 44.6 Å². The Bertz CT molecular complexity index is 560. The number of hydrogen-bond donors (Lipinski definition) is 0. The molecule has 1 aromatic rings. The van der Waals surface area contributed by atoms with Crippen LogP contribution in [0.15, 0.2) is 12.4 Å². The van der Waals surface area contributed by atoms with Gasteiger partial charge in [-0.2, -0.15) is 0 Å². The van der Waals surface area contributed by atoms with E-state index >= 15 is 0 Å². The van der Waals surface area contributed by atoms with E-state index in [2.05, 4.69) is 19.8 Å². The summed E-state index contributed by atoms with van der Waals surface area (Å²) in [6.45, 7) is 6.14. The molecular formula is C19H30N4O. The first kappa shape index (κ1) is 16.1. The van der Waals surface area contributed by atoms with Crippen LogP contribution < -0.4 is 9.64 Å². The summed E-state index contributed by atoms with van der Waals surface area (Å²) in [5.74, 6) is 2.65. The number of methoxy groups -OCH3 is 1. The van der Waals surface area contributed by atoms with Crippen molar-refractivity contribution in [1.82, 2.24) is 14.9 Å². The van der Waals surface area contributed by atoms with Crippen molar-refractivity contribution in [2.75, 3.05) is 44.7 Å². The average Bonchev–Trinajstić information content (AvgIpc) is 3.26. The van der Waals surface area contributed by atoms with Crippen LogP contribution in [0.25, 0.3) is 0 Å². The molecule has 3 fully saturated rings. The topological polar surface area (TPSA) is 41.5 Å². The van der Waals surface area contributed by atoms with Crippen LogP contribution >= 0.6 is 0 Å². The van der Waals surface area contributed by atoms with Crippen molar-refractivity contribution in [2.24, 2.45) is 11.3 Å². The highest BCUT2D eigenvalue weighted by molar-refractivity contribution is 5.41. The van der Waals surface area contributed by atoms with Gasteiger partial charge >= 0.3 is 0 Å². The van der Waals surface area contributed by atoms with E-state index in [0.717, 1.165) is 24.8 Å². The maximum atomic E-state index is 5.27. The average molecular weight is 330 g/mol. The molecule has 5 heteroatoms. The molecule has 1 atom stereocenters. The molecule has 0 N–H and O–H groups in total. The van der Waals surface area contributed by atoms with Crippen LogP contribution in [0.2, 0.25) is 0 Å². The lowest BCUT2D eigenvalue weighted by molar-refractivity contribution is 0.204. The Morgan fingerprint density at radius 2 is 2.00 bits per heavy atom. The van der Waals surface area contributed by atoms with Gasteiger partial charge in [-0.15, -0.1) is 0 Å². The fourth-order valence-electron chi connectivity index (χ4n) is 5.09. The van der Waals surface area contributed by atoms with Crippen LogP contribution in [0.3, 0.4) is 0 Å². The molecule has 1 spiro atoms. The Morgan fingerprint density at radius 3 is 2.83 bits per heavy atom. The third-order valence-electron chi connectivity index (χ3n) is 6.33. The van der Waals surface area contributed by atoms with Gasteiger partial charge in [0.05, 0.1) is 7.11 Å². The Morgan fingerprint density at radius 1 is 1.12 bits per heavy atom. The van der Waals surface area contributed by atoms with Crippen LogP contribution in [0.1, 0.15) is 44.9 Å². The van der Waals surface area contributed by atoms with Gasteiger partial charge in [0, 0.05) is 37.7 Å². The Kier molecular flexibility index (Phi) is 4.61. The SMILES string of the molecule is COc1cc(N2CCC[C@]3(CCN(CC4CCCC4)C3)C2)ncn1. The number of aromatic nitrogens is 2. The zero-order valence-electron chi connectivity index (χ0n) is 14.9. The molecule has 3 heterocycles. The van der Waals surface area contributed by atoms with Gasteiger partial charge in [0.15, 0.2) is 0 Å². The van der Waals surface area contributed by atoms with Gasteiger partial charge in [-0.3, -0.25) is 0 Å². The molecule has 0 radical (unpaired) electrons. The molecule has 3 aliphatic rings. The summed E-state index contributed by atoms with van der Waals surface area (Å²) in [6.07, 6.45) is 11.4. The van der Waals surface area contributed by atoms with E-state index in [1.165, 1.54) is 64.6 Å². The maximum absolute atomic E-state index is 5.27. The lowest BCUT2D eigenvalue weighted by Crippen LogP contribution is -2.45. The number of rotatable bonds is 4. The molecule has 5 nitrogen and oxygen atoms in total. The fraction of sp³-hybridized carbons (Fsp3) is 0.789. The number of likely N-dealkylation sites (tertiary alicyclic amines) is 1. The molecule has 0 bridgehead atoms. The lowest BCUT2D eigenvalue weighted by Gasteiger charge is -2.41. The molecule has 1 aromatic heterocycles. The third kappa shape index (κ3) is 3.37. The summed E-state index contributed by atoms with van der Waals surface area (Å²) in [5.41, 5.74) is 0.467. The molecule has 2 aliphatic heterocycles. The van der Waals surface area contributed by atoms with Gasteiger partial charge in [0.2, 0.25) is 5.88 Å². The molecule has 2 saturated heterocycles. The van der Waals surface area contributed by atoms with Crippen molar-refractivity contribution in [2.45, 2.75) is 44.9 Å². The highest BCUT2D eigenvalue weighted by Crippen LogP contribution is 2.41. The standard InChI is InChI=1S/C19H30N4O/c1-24-18-11-17(20-15-21-18)23-9-4-7-19(14-23)8-10-22(13-19)12-16-5-2-3-6-16/h11,15-16H,2-10,12-14H2,1H3/t19-/m1/s1. The molecular weight excluding hydrogens is 300 g/mol. The van der Waals surface area contributed by atoms with Crippen molar-refractivity contribution in [3.05, 3.63) is 12.4 Å². The molecule has 0 unspecified atom stereocenters. The molecule has 0 amide bonds. The molecule has 1 saturated carbocycles. The number of nitrogens with zero attached hydrogens (tertiary/aromatic N) is 4. The second kappa shape index (κ2) is 6.87. The van der Waals surface area contributed by atoms with E-state index in [0.29, 0.717) is 11.3 Å². The van der Waals surface area contributed by atoms with Gasteiger partial charge in [-0.25, -0.2) is 9.97 Å². The Balaban J connectivity index is 1.40. The highest BCUT2D eigenvalue weighted by atomic mass is 16.5. The second-order valence-corrected chi connectivity index (χ2v) is 8.08. The first-order valence-corrected chi connectivity index (χ1v) is 9.60. The van der Waals surface area contributed by atoms with E-state index in [1.807, 2.05) is 6.07 Å². The third-order valence-corrected chi connectivity index (χ3v) is 6.33. The number of ether oxygens (including phenoxy) is 1. The van der Waals surface area contributed by atoms with Gasteiger partial charge < -0.3 is 14.5 Å². The van der Waals surface area contributed by atoms with Crippen molar-refractivity contribution >= 4 is 5.82 Å². The summed E-state index contributed by atoms with van der Waals surface area (Å²) >= 11 is 0. The molecule has 1 aliphatic carbocycles. The summed E-state index contributed by atoms with van der Waals surface area (Å²) < 4.78 is 5.27. The summed E-state index contributed by atoms with van der Waals surface area (Å²) in [4.78, 5) is 13.8. The Labute approximate surface area is 145 Å². The lowest BCUT2D eigenvalue weighted by atomic mass is 9.79. The normalized spacial score (nSPS) is 28.8. The predicted molar refractivity (Wildman–Crippen MR) is 95.5 cm³/mol. The maximum Gasteiger partial charge on any atom is 0.218 e. The minimum absolute atomic E-state index is 0.467. The number of hydrogen-bond acceptors (Lipinski definition) is 5. The first-order valence-electron chi connectivity index (χ1n) is 9.60. The van der Waals surface area contributed by atoms with Crippen LogP contribution in [-0.2, 0) is 0 Å². The Hall–Kier alpha value is -1.36. The zero-order valence-corrected chi connectivity index (χ0v) is 14.9. The summed E-state index contributed by atoms with van der Waals surface area (Å²) in [5, 5.41) is 0. The monoisotopic (exact) mass is 330 g/mol. The first-order chi connectivity index (χ1) is 11.8. The number of anilines is 1. The van der Waals surface area contributed by atoms with E-state index < -0.39 is 0 Å². The van der Waals surface area contributed by atoms with E-state index in [4.69, 9.17) is 4.74 Å². The van der Waals surface area contributed by atoms with Crippen molar-refractivity contribution in [3.8, 4) is 5.88 Å². The smallest absolute Gasteiger partial charge is 0.218 e. The molecule has 132 valence electrons. The van der Waals surface area contributed by atoms with Crippen molar-refractivity contribution in [1.29, 1.82) is 0 Å². The van der Waals surface area contributed by atoms with E-state index in [1.54, 1.807) is 13.4 Å².